The summed E-state index contributed by atoms with van der Waals surface area (Å²) in [5.41, 5.74) is 2.90. The molecule has 1 aliphatic heterocycles. The maximum atomic E-state index is 11.8. The molecule has 2 aromatic rings. The van der Waals surface area contributed by atoms with Crippen LogP contribution in [0.4, 0.5) is 4.79 Å². The van der Waals surface area contributed by atoms with Crippen LogP contribution in [-0.2, 0) is 9.59 Å². The van der Waals surface area contributed by atoms with Crippen molar-refractivity contribution >= 4 is 23.9 Å². The SMILES string of the molecule is Cc1nn(-c2ccccc2)c(C)c1C=C1C(=O)NC(=O)NC1=O. The smallest absolute Gasteiger partial charge is 0.273 e. The summed E-state index contributed by atoms with van der Waals surface area (Å²) in [7, 11) is 0. The molecule has 1 fully saturated rings. The number of carbonyl (C=O) groups is 3. The molecule has 0 unspecified atom stereocenters. The Labute approximate surface area is 132 Å². The lowest BCUT2D eigenvalue weighted by Crippen LogP contribution is -2.51. The molecule has 0 saturated carbocycles. The zero-order valence-electron chi connectivity index (χ0n) is 12.6. The molecular weight excluding hydrogens is 296 g/mol. The van der Waals surface area contributed by atoms with Gasteiger partial charge in [0.25, 0.3) is 11.8 Å². The number of imide groups is 2. The van der Waals surface area contributed by atoms with Crippen LogP contribution in [0, 0.1) is 13.8 Å². The summed E-state index contributed by atoms with van der Waals surface area (Å²) in [6.45, 7) is 3.64. The van der Waals surface area contributed by atoms with E-state index in [4.69, 9.17) is 0 Å². The average Bonchev–Trinajstić information content (AvgIpc) is 2.79. The van der Waals surface area contributed by atoms with Gasteiger partial charge in [-0.25, -0.2) is 9.48 Å². The molecule has 1 aromatic heterocycles. The second-order valence-corrected chi connectivity index (χ2v) is 5.13. The number of barbiturate groups is 1. The minimum atomic E-state index is -0.814. The van der Waals surface area contributed by atoms with E-state index in [9.17, 15) is 14.4 Å². The van der Waals surface area contributed by atoms with Gasteiger partial charge in [-0.05, 0) is 32.1 Å². The third kappa shape index (κ3) is 2.64. The number of para-hydroxylation sites is 1. The Morgan fingerprint density at radius 2 is 1.61 bits per heavy atom. The Kier molecular flexibility index (Phi) is 3.53. The van der Waals surface area contributed by atoms with Crippen molar-refractivity contribution < 1.29 is 14.4 Å². The number of hydrogen-bond acceptors (Lipinski definition) is 4. The number of hydrogen-bond donors (Lipinski definition) is 2. The van der Waals surface area contributed by atoms with Crippen LogP contribution >= 0.6 is 0 Å². The topological polar surface area (TPSA) is 93.1 Å². The van der Waals surface area contributed by atoms with Crippen molar-refractivity contribution in [1.82, 2.24) is 20.4 Å². The largest absolute Gasteiger partial charge is 0.328 e. The molecule has 1 saturated heterocycles. The highest BCUT2D eigenvalue weighted by atomic mass is 16.2. The van der Waals surface area contributed by atoms with Crippen LogP contribution in [-0.4, -0.2) is 27.6 Å². The molecule has 1 aromatic carbocycles. The van der Waals surface area contributed by atoms with Crippen LogP contribution in [0.25, 0.3) is 11.8 Å². The number of benzene rings is 1. The van der Waals surface area contributed by atoms with Crippen molar-refractivity contribution in [3.05, 3.63) is 52.9 Å². The monoisotopic (exact) mass is 310 g/mol. The zero-order chi connectivity index (χ0) is 16.6. The summed E-state index contributed by atoms with van der Waals surface area (Å²) < 4.78 is 1.74. The lowest BCUT2D eigenvalue weighted by Gasteiger charge is -2.13. The van der Waals surface area contributed by atoms with Crippen LogP contribution in [0.3, 0.4) is 0 Å². The van der Waals surface area contributed by atoms with Gasteiger partial charge in [-0.15, -0.1) is 0 Å². The first-order valence-corrected chi connectivity index (χ1v) is 6.97. The number of nitrogens with one attached hydrogen (secondary N) is 2. The molecule has 2 heterocycles. The quantitative estimate of drug-likeness (QED) is 0.644. The van der Waals surface area contributed by atoms with Gasteiger partial charge in [-0.3, -0.25) is 20.2 Å². The third-order valence-electron chi connectivity index (χ3n) is 3.58. The van der Waals surface area contributed by atoms with Crippen LogP contribution in [0.15, 0.2) is 35.9 Å². The molecular formula is C16H14N4O3. The highest BCUT2D eigenvalue weighted by Crippen LogP contribution is 2.21. The molecule has 4 amide bonds. The number of nitrogens with zero attached hydrogens (tertiary/aromatic N) is 2. The van der Waals surface area contributed by atoms with Crippen LogP contribution in [0.1, 0.15) is 17.0 Å². The fourth-order valence-corrected chi connectivity index (χ4v) is 2.43. The summed E-state index contributed by atoms with van der Waals surface area (Å²) in [5, 5.41) is 8.56. The minimum absolute atomic E-state index is 0.122. The predicted molar refractivity (Wildman–Crippen MR) is 82.7 cm³/mol. The molecule has 0 bridgehead atoms. The van der Waals surface area contributed by atoms with Gasteiger partial charge >= 0.3 is 6.03 Å². The summed E-state index contributed by atoms with van der Waals surface area (Å²) in [6.07, 6.45) is 1.45. The van der Waals surface area contributed by atoms with E-state index in [1.807, 2.05) is 37.3 Å². The standard InChI is InChI=1S/C16H14N4O3/c1-9-12(8-13-14(21)17-16(23)18-15(13)22)10(2)20(19-9)11-6-4-3-5-7-11/h3-8H,1-2H3,(H2,17,18,21,22,23). The summed E-state index contributed by atoms with van der Waals surface area (Å²) in [6, 6.07) is 8.72. The first kappa shape index (κ1) is 14.7. The first-order chi connectivity index (χ1) is 11.0. The normalized spacial score (nSPS) is 14.5. The second kappa shape index (κ2) is 5.53. The van der Waals surface area contributed by atoms with Gasteiger partial charge in [-0.2, -0.15) is 5.10 Å². The van der Waals surface area contributed by atoms with E-state index in [1.165, 1.54) is 6.08 Å². The van der Waals surface area contributed by atoms with E-state index in [2.05, 4.69) is 15.7 Å². The Morgan fingerprint density at radius 3 is 2.22 bits per heavy atom. The van der Waals surface area contributed by atoms with Gasteiger partial charge in [0.15, 0.2) is 0 Å². The zero-order valence-corrected chi connectivity index (χ0v) is 12.6. The van der Waals surface area contributed by atoms with Crippen LogP contribution in [0.2, 0.25) is 0 Å². The molecule has 1 aliphatic rings. The fraction of sp³-hybridized carbons (Fsp3) is 0.125. The molecule has 7 heteroatoms. The number of carbonyl (C=O) groups excluding carboxylic acids is 3. The van der Waals surface area contributed by atoms with Gasteiger partial charge in [0.2, 0.25) is 0 Å². The molecule has 116 valence electrons. The van der Waals surface area contributed by atoms with Crippen molar-refractivity contribution in [2.75, 3.05) is 0 Å². The van der Waals surface area contributed by atoms with Crippen LogP contribution < -0.4 is 10.6 Å². The fourth-order valence-electron chi connectivity index (χ4n) is 2.43. The third-order valence-corrected chi connectivity index (χ3v) is 3.58. The van der Waals surface area contributed by atoms with Gasteiger partial charge in [0.1, 0.15) is 5.57 Å². The van der Waals surface area contributed by atoms with Gasteiger partial charge in [0, 0.05) is 11.3 Å². The number of amides is 4. The Balaban J connectivity index is 2.06. The predicted octanol–water partition coefficient (Wildman–Crippen LogP) is 1.24. The van der Waals surface area contributed by atoms with Crippen molar-refractivity contribution in [3.8, 4) is 5.69 Å². The molecule has 0 spiro atoms. The highest BCUT2D eigenvalue weighted by Gasteiger charge is 2.28. The number of aryl methyl sites for hydroxylation is 1. The lowest BCUT2D eigenvalue weighted by molar-refractivity contribution is -0.123. The Hall–Kier alpha value is -3.22. The first-order valence-electron chi connectivity index (χ1n) is 6.97. The summed E-state index contributed by atoms with van der Waals surface area (Å²) in [5.74, 6) is -1.44. The van der Waals surface area contributed by atoms with E-state index < -0.39 is 17.8 Å². The molecule has 2 N–H and O–H groups in total. The van der Waals surface area contributed by atoms with Gasteiger partial charge in [0.05, 0.1) is 11.4 Å². The van der Waals surface area contributed by atoms with E-state index >= 15 is 0 Å². The van der Waals surface area contributed by atoms with Gasteiger partial charge in [-0.1, -0.05) is 18.2 Å². The molecule has 23 heavy (non-hydrogen) atoms. The molecule has 7 nitrogen and oxygen atoms in total. The molecule has 0 radical (unpaired) electrons. The Bertz CT molecular complexity index is 828. The lowest BCUT2D eigenvalue weighted by atomic mass is 10.1. The molecule has 0 aliphatic carbocycles. The van der Waals surface area contributed by atoms with E-state index in [0.717, 1.165) is 11.4 Å². The van der Waals surface area contributed by atoms with Crippen molar-refractivity contribution in [1.29, 1.82) is 0 Å². The Morgan fingerprint density at radius 1 is 1.00 bits per heavy atom. The van der Waals surface area contributed by atoms with Crippen molar-refractivity contribution in [2.24, 2.45) is 0 Å². The maximum absolute atomic E-state index is 11.8. The number of rotatable bonds is 2. The van der Waals surface area contributed by atoms with E-state index in [-0.39, 0.29) is 5.57 Å². The van der Waals surface area contributed by atoms with E-state index in [0.29, 0.717) is 11.3 Å². The molecule has 3 rings (SSSR count). The summed E-state index contributed by atoms with van der Waals surface area (Å²) in [4.78, 5) is 34.8. The highest BCUT2D eigenvalue weighted by molar-refractivity contribution is 6.31. The van der Waals surface area contributed by atoms with E-state index in [1.54, 1.807) is 11.6 Å². The number of urea groups is 1. The number of aromatic nitrogens is 2. The maximum Gasteiger partial charge on any atom is 0.328 e. The minimum Gasteiger partial charge on any atom is -0.273 e. The van der Waals surface area contributed by atoms with Crippen molar-refractivity contribution in [3.63, 3.8) is 0 Å². The van der Waals surface area contributed by atoms with Crippen LogP contribution in [0.5, 0.6) is 0 Å². The average molecular weight is 310 g/mol. The molecule has 0 atom stereocenters. The summed E-state index contributed by atoms with van der Waals surface area (Å²) >= 11 is 0. The van der Waals surface area contributed by atoms with Gasteiger partial charge < -0.3 is 0 Å². The second-order valence-electron chi connectivity index (χ2n) is 5.13. The van der Waals surface area contributed by atoms with Crippen molar-refractivity contribution in [2.45, 2.75) is 13.8 Å².